The van der Waals surface area contributed by atoms with Crippen LogP contribution in [0.25, 0.3) is 0 Å². The van der Waals surface area contributed by atoms with E-state index in [9.17, 15) is 4.79 Å². The van der Waals surface area contributed by atoms with E-state index < -0.39 is 0 Å². The molecule has 132 valence electrons. The maximum Gasteiger partial charge on any atom is 0.237 e. The number of pyridine rings is 1. The molecule has 1 N–H and O–H groups in total. The Labute approximate surface area is 145 Å². The fourth-order valence-electron chi connectivity index (χ4n) is 4.13. The van der Waals surface area contributed by atoms with Gasteiger partial charge in [0.1, 0.15) is 0 Å². The minimum Gasteiger partial charge on any atom is -0.339 e. The summed E-state index contributed by atoms with van der Waals surface area (Å²) < 4.78 is 0. The highest BCUT2D eigenvalue weighted by Gasteiger charge is 2.29. The van der Waals surface area contributed by atoms with Crippen molar-refractivity contribution in [3.8, 4) is 0 Å². The Morgan fingerprint density at radius 2 is 2.21 bits per heavy atom. The molecule has 1 saturated carbocycles. The average Bonchev–Trinajstić information content (AvgIpc) is 2.64. The number of likely N-dealkylation sites (N-methyl/N-ethyl adjacent to an activating group) is 1. The highest BCUT2D eigenvalue weighted by molar-refractivity contribution is 5.78. The Kier molecular flexibility index (Phi) is 6.21. The van der Waals surface area contributed by atoms with Gasteiger partial charge in [-0.15, -0.1) is 0 Å². The third-order valence-corrected chi connectivity index (χ3v) is 5.44. The van der Waals surface area contributed by atoms with E-state index in [0.29, 0.717) is 18.5 Å². The van der Waals surface area contributed by atoms with Gasteiger partial charge in [0.2, 0.25) is 5.91 Å². The summed E-state index contributed by atoms with van der Waals surface area (Å²) in [4.78, 5) is 21.7. The number of carbonyl (C=O) groups excluding carboxylic acids is 1. The summed E-state index contributed by atoms with van der Waals surface area (Å²) in [5.74, 6) is 0.292. The summed E-state index contributed by atoms with van der Waals surface area (Å²) in [7, 11) is 0. The zero-order chi connectivity index (χ0) is 16.8. The Morgan fingerprint density at radius 1 is 1.38 bits per heavy atom. The van der Waals surface area contributed by atoms with Gasteiger partial charge in [-0.2, -0.15) is 0 Å². The van der Waals surface area contributed by atoms with Crippen LogP contribution >= 0.6 is 0 Å². The van der Waals surface area contributed by atoms with Gasteiger partial charge in [-0.3, -0.25) is 14.7 Å². The van der Waals surface area contributed by atoms with Crippen molar-refractivity contribution in [1.82, 2.24) is 20.1 Å². The van der Waals surface area contributed by atoms with Crippen molar-refractivity contribution in [3.05, 3.63) is 30.1 Å². The van der Waals surface area contributed by atoms with Crippen LogP contribution in [0.4, 0.5) is 0 Å². The lowest BCUT2D eigenvalue weighted by molar-refractivity contribution is -0.136. The molecule has 24 heavy (non-hydrogen) atoms. The van der Waals surface area contributed by atoms with E-state index >= 15 is 0 Å². The molecule has 2 aliphatic rings. The van der Waals surface area contributed by atoms with Gasteiger partial charge < -0.3 is 10.2 Å². The minimum absolute atomic E-state index is 0.237. The zero-order valence-corrected chi connectivity index (χ0v) is 14.8. The van der Waals surface area contributed by atoms with Crippen LogP contribution in [0.1, 0.15) is 50.6 Å². The predicted molar refractivity (Wildman–Crippen MR) is 95.7 cm³/mol. The Morgan fingerprint density at radius 3 is 2.92 bits per heavy atom. The molecule has 5 heteroatoms. The topological polar surface area (TPSA) is 48.5 Å². The summed E-state index contributed by atoms with van der Waals surface area (Å²) >= 11 is 0. The molecule has 3 rings (SSSR count). The largest absolute Gasteiger partial charge is 0.339 e. The van der Waals surface area contributed by atoms with E-state index in [2.05, 4.69) is 33.1 Å². The second kappa shape index (κ2) is 8.58. The Balaban J connectivity index is 1.66. The molecule has 1 aromatic heterocycles. The molecule has 1 saturated heterocycles. The van der Waals surface area contributed by atoms with Crippen molar-refractivity contribution in [2.24, 2.45) is 0 Å². The first kappa shape index (κ1) is 17.4. The van der Waals surface area contributed by atoms with Gasteiger partial charge in [0, 0.05) is 50.7 Å². The summed E-state index contributed by atoms with van der Waals surface area (Å²) in [5, 5.41) is 3.45. The highest BCUT2D eigenvalue weighted by atomic mass is 16.2. The van der Waals surface area contributed by atoms with Crippen molar-refractivity contribution >= 4 is 5.91 Å². The SMILES string of the molecule is CCN(C(=O)CN1CCNCC1c1cccnc1)C1CCCCC1. The first-order valence-corrected chi connectivity index (χ1v) is 9.43. The van der Waals surface area contributed by atoms with Crippen LogP contribution in [0.3, 0.4) is 0 Å². The van der Waals surface area contributed by atoms with E-state index in [1.807, 2.05) is 12.3 Å². The van der Waals surface area contributed by atoms with Crippen molar-refractivity contribution in [2.75, 3.05) is 32.7 Å². The number of nitrogens with zero attached hydrogens (tertiary/aromatic N) is 3. The van der Waals surface area contributed by atoms with E-state index in [-0.39, 0.29) is 6.04 Å². The molecule has 0 spiro atoms. The molecular formula is C19H30N4O. The predicted octanol–water partition coefficient (Wildman–Crippen LogP) is 2.21. The molecule has 1 aliphatic carbocycles. The molecule has 1 unspecified atom stereocenters. The molecular weight excluding hydrogens is 300 g/mol. The van der Waals surface area contributed by atoms with Crippen LogP contribution in [0.2, 0.25) is 0 Å². The van der Waals surface area contributed by atoms with Gasteiger partial charge in [-0.25, -0.2) is 0 Å². The fraction of sp³-hybridized carbons (Fsp3) is 0.684. The first-order valence-electron chi connectivity index (χ1n) is 9.43. The summed E-state index contributed by atoms with van der Waals surface area (Å²) in [5.41, 5.74) is 1.19. The van der Waals surface area contributed by atoms with Crippen LogP contribution in [-0.2, 0) is 4.79 Å². The number of hydrogen-bond acceptors (Lipinski definition) is 4. The van der Waals surface area contributed by atoms with Crippen molar-refractivity contribution < 1.29 is 4.79 Å². The minimum atomic E-state index is 0.237. The van der Waals surface area contributed by atoms with Gasteiger partial charge in [0.05, 0.1) is 6.54 Å². The highest BCUT2D eigenvalue weighted by Crippen LogP contribution is 2.24. The second-order valence-electron chi connectivity index (χ2n) is 6.95. The van der Waals surface area contributed by atoms with Gasteiger partial charge >= 0.3 is 0 Å². The van der Waals surface area contributed by atoms with Gasteiger partial charge in [-0.1, -0.05) is 25.3 Å². The van der Waals surface area contributed by atoms with Crippen molar-refractivity contribution in [2.45, 2.75) is 51.1 Å². The molecule has 2 fully saturated rings. The number of nitrogens with one attached hydrogen (secondary N) is 1. The van der Waals surface area contributed by atoms with Crippen LogP contribution < -0.4 is 5.32 Å². The number of amides is 1. The molecule has 1 atom stereocenters. The third kappa shape index (κ3) is 4.14. The number of hydrogen-bond donors (Lipinski definition) is 1. The molecule has 0 aromatic carbocycles. The molecule has 2 heterocycles. The molecule has 1 amide bonds. The Hall–Kier alpha value is -1.46. The maximum absolute atomic E-state index is 13.0. The summed E-state index contributed by atoms with van der Waals surface area (Å²) in [6, 6.07) is 4.78. The third-order valence-electron chi connectivity index (χ3n) is 5.44. The van der Waals surface area contributed by atoms with Crippen LogP contribution in [-0.4, -0.2) is 59.5 Å². The summed E-state index contributed by atoms with van der Waals surface area (Å²) in [6.07, 6.45) is 9.93. The van der Waals surface area contributed by atoms with Crippen molar-refractivity contribution in [3.63, 3.8) is 0 Å². The normalized spacial score (nSPS) is 23.1. The molecule has 5 nitrogen and oxygen atoms in total. The maximum atomic E-state index is 13.0. The molecule has 0 bridgehead atoms. The Bertz CT molecular complexity index is 515. The summed E-state index contributed by atoms with van der Waals surface area (Å²) in [6.45, 7) is 6.20. The first-order chi connectivity index (χ1) is 11.8. The fourth-order valence-corrected chi connectivity index (χ4v) is 4.13. The number of piperazine rings is 1. The average molecular weight is 330 g/mol. The van der Waals surface area contributed by atoms with Gasteiger partial charge in [-0.05, 0) is 31.4 Å². The standard InChI is InChI=1S/C19H30N4O/c1-2-23(17-8-4-3-5-9-17)19(24)15-22-12-11-21-14-18(22)16-7-6-10-20-13-16/h6-7,10,13,17-18,21H,2-5,8-9,11-12,14-15H2,1H3. The molecule has 1 aliphatic heterocycles. The molecule has 1 aromatic rings. The van der Waals surface area contributed by atoms with Crippen LogP contribution in [0.15, 0.2) is 24.5 Å². The van der Waals surface area contributed by atoms with Crippen molar-refractivity contribution in [1.29, 1.82) is 0 Å². The lowest BCUT2D eigenvalue weighted by atomic mass is 9.94. The van der Waals surface area contributed by atoms with Crippen LogP contribution in [0, 0.1) is 0 Å². The number of rotatable bonds is 5. The van der Waals surface area contributed by atoms with Crippen LogP contribution in [0.5, 0.6) is 0 Å². The number of aromatic nitrogens is 1. The van der Waals surface area contributed by atoms with Gasteiger partial charge in [0.15, 0.2) is 0 Å². The number of carbonyl (C=O) groups is 1. The van der Waals surface area contributed by atoms with E-state index in [4.69, 9.17) is 0 Å². The second-order valence-corrected chi connectivity index (χ2v) is 6.95. The quantitative estimate of drug-likeness (QED) is 0.899. The monoisotopic (exact) mass is 330 g/mol. The molecule has 0 radical (unpaired) electrons. The van der Waals surface area contributed by atoms with E-state index in [0.717, 1.165) is 26.2 Å². The van der Waals surface area contributed by atoms with Gasteiger partial charge in [0.25, 0.3) is 0 Å². The van der Waals surface area contributed by atoms with E-state index in [1.165, 1.54) is 37.7 Å². The lowest BCUT2D eigenvalue weighted by Crippen LogP contribution is -2.52. The lowest BCUT2D eigenvalue weighted by Gasteiger charge is -2.39. The zero-order valence-electron chi connectivity index (χ0n) is 14.8. The van der Waals surface area contributed by atoms with E-state index in [1.54, 1.807) is 6.20 Å². The smallest absolute Gasteiger partial charge is 0.237 e.